The van der Waals surface area contributed by atoms with Crippen LogP contribution < -0.4 is 10.6 Å². The summed E-state index contributed by atoms with van der Waals surface area (Å²) in [5.41, 5.74) is 6.83. The van der Waals surface area contributed by atoms with Crippen LogP contribution in [-0.4, -0.2) is 31.8 Å². The summed E-state index contributed by atoms with van der Waals surface area (Å²) in [4.78, 5) is 6.49. The van der Waals surface area contributed by atoms with Gasteiger partial charge in [0.15, 0.2) is 0 Å². The molecule has 0 bridgehead atoms. The van der Waals surface area contributed by atoms with E-state index in [0.717, 1.165) is 11.4 Å². The fraction of sp³-hybridized carbons (Fsp3) is 0.583. The van der Waals surface area contributed by atoms with Crippen LogP contribution in [-0.2, 0) is 4.74 Å². The van der Waals surface area contributed by atoms with Gasteiger partial charge in [-0.1, -0.05) is 6.07 Å². The normalized spacial score (nSPS) is 14.6. The molecule has 1 rings (SSSR count). The maximum atomic E-state index is 5.77. The van der Waals surface area contributed by atoms with Gasteiger partial charge >= 0.3 is 0 Å². The molecule has 0 spiro atoms. The number of hydrogen-bond acceptors (Lipinski definition) is 4. The van der Waals surface area contributed by atoms with Crippen molar-refractivity contribution in [2.75, 3.05) is 25.7 Å². The van der Waals surface area contributed by atoms with Crippen LogP contribution in [0.25, 0.3) is 0 Å². The predicted octanol–water partition coefficient (Wildman–Crippen LogP) is 1.57. The molecule has 1 heterocycles. The van der Waals surface area contributed by atoms with Crippen LogP contribution in [0.1, 0.15) is 25.5 Å². The van der Waals surface area contributed by atoms with E-state index in [2.05, 4.69) is 16.8 Å². The van der Waals surface area contributed by atoms with Gasteiger partial charge in [0, 0.05) is 26.4 Å². The Morgan fingerprint density at radius 1 is 1.44 bits per heavy atom. The third-order valence-electron chi connectivity index (χ3n) is 2.73. The largest absolute Gasteiger partial charge is 0.383 e. The number of nitrogens with two attached hydrogens (primary N) is 1. The second-order valence-electron chi connectivity index (χ2n) is 4.15. The standard InChI is InChI=1S/C12H21N3O/c1-9(8-16-4)15(3)12-6-5-11(7-14-12)10(2)13/h5-7,9-10H,8,13H2,1-4H3/t9?,10-/m1/s1. The fourth-order valence-corrected chi connectivity index (χ4v) is 1.45. The van der Waals surface area contributed by atoms with E-state index >= 15 is 0 Å². The smallest absolute Gasteiger partial charge is 0.128 e. The Morgan fingerprint density at radius 2 is 2.12 bits per heavy atom. The molecule has 1 aromatic heterocycles. The summed E-state index contributed by atoms with van der Waals surface area (Å²) in [7, 11) is 3.72. The Kier molecular flexibility index (Phi) is 4.71. The predicted molar refractivity (Wildman–Crippen MR) is 66.6 cm³/mol. The van der Waals surface area contributed by atoms with Crippen LogP contribution in [0, 0.1) is 0 Å². The molecule has 0 aromatic carbocycles. The summed E-state index contributed by atoms with van der Waals surface area (Å²) in [6.07, 6.45) is 1.83. The highest BCUT2D eigenvalue weighted by Crippen LogP contribution is 2.15. The van der Waals surface area contributed by atoms with Crippen molar-refractivity contribution >= 4 is 5.82 Å². The van der Waals surface area contributed by atoms with Crippen LogP contribution in [0.2, 0.25) is 0 Å². The molecule has 2 atom stereocenters. The molecule has 0 aliphatic carbocycles. The minimum atomic E-state index is 0.0308. The molecule has 0 aliphatic rings. The quantitative estimate of drug-likeness (QED) is 0.823. The van der Waals surface area contributed by atoms with Crippen molar-refractivity contribution in [1.82, 2.24) is 4.98 Å². The van der Waals surface area contributed by atoms with Crippen molar-refractivity contribution in [3.63, 3.8) is 0 Å². The lowest BCUT2D eigenvalue weighted by atomic mass is 10.1. The topological polar surface area (TPSA) is 51.4 Å². The first-order valence-electron chi connectivity index (χ1n) is 5.49. The Hall–Kier alpha value is -1.13. The van der Waals surface area contributed by atoms with Gasteiger partial charge in [-0.3, -0.25) is 0 Å². The Morgan fingerprint density at radius 3 is 2.56 bits per heavy atom. The first-order valence-corrected chi connectivity index (χ1v) is 5.49. The van der Waals surface area contributed by atoms with Crippen LogP contribution in [0.5, 0.6) is 0 Å². The molecule has 4 heteroatoms. The number of aromatic nitrogens is 1. The molecule has 0 saturated heterocycles. The third kappa shape index (κ3) is 3.18. The van der Waals surface area contributed by atoms with Gasteiger partial charge in [0.05, 0.1) is 12.6 Å². The number of anilines is 1. The molecule has 0 aliphatic heterocycles. The molecule has 16 heavy (non-hydrogen) atoms. The zero-order valence-corrected chi connectivity index (χ0v) is 10.5. The lowest BCUT2D eigenvalue weighted by molar-refractivity contribution is 0.183. The highest BCUT2D eigenvalue weighted by atomic mass is 16.5. The molecule has 2 N–H and O–H groups in total. The van der Waals surface area contributed by atoms with Crippen molar-refractivity contribution in [2.45, 2.75) is 25.9 Å². The molecular formula is C12H21N3O. The maximum absolute atomic E-state index is 5.77. The van der Waals surface area contributed by atoms with Crippen molar-refractivity contribution in [3.8, 4) is 0 Å². The summed E-state index contributed by atoms with van der Waals surface area (Å²) in [5.74, 6) is 0.939. The Labute approximate surface area is 97.4 Å². The van der Waals surface area contributed by atoms with Crippen molar-refractivity contribution in [2.24, 2.45) is 5.73 Å². The van der Waals surface area contributed by atoms with Crippen LogP contribution >= 0.6 is 0 Å². The minimum Gasteiger partial charge on any atom is -0.383 e. The van der Waals surface area contributed by atoms with Gasteiger partial charge in [0.25, 0.3) is 0 Å². The third-order valence-corrected chi connectivity index (χ3v) is 2.73. The van der Waals surface area contributed by atoms with Gasteiger partial charge in [0.1, 0.15) is 5.82 Å². The molecule has 4 nitrogen and oxygen atoms in total. The first kappa shape index (κ1) is 12.9. The monoisotopic (exact) mass is 223 g/mol. The highest BCUT2D eigenvalue weighted by Gasteiger charge is 2.10. The molecule has 0 fully saturated rings. The van der Waals surface area contributed by atoms with Gasteiger partial charge in [-0.25, -0.2) is 4.98 Å². The lowest BCUT2D eigenvalue weighted by Crippen LogP contribution is -2.33. The fourth-order valence-electron chi connectivity index (χ4n) is 1.45. The van der Waals surface area contributed by atoms with Crippen molar-refractivity contribution in [3.05, 3.63) is 23.9 Å². The summed E-state index contributed by atoms with van der Waals surface area (Å²) in [6.45, 7) is 4.74. The number of likely N-dealkylation sites (N-methyl/N-ethyl adjacent to an activating group) is 1. The van der Waals surface area contributed by atoms with E-state index < -0.39 is 0 Å². The van der Waals surface area contributed by atoms with Gasteiger partial charge in [-0.15, -0.1) is 0 Å². The number of nitrogens with zero attached hydrogens (tertiary/aromatic N) is 2. The summed E-state index contributed by atoms with van der Waals surface area (Å²) < 4.78 is 5.12. The molecule has 0 saturated carbocycles. The van der Waals surface area contributed by atoms with Gasteiger partial charge < -0.3 is 15.4 Å². The van der Waals surface area contributed by atoms with E-state index in [4.69, 9.17) is 10.5 Å². The number of ether oxygens (including phenoxy) is 1. The van der Waals surface area contributed by atoms with Crippen molar-refractivity contribution in [1.29, 1.82) is 0 Å². The number of methoxy groups -OCH3 is 1. The number of pyridine rings is 1. The minimum absolute atomic E-state index is 0.0308. The average molecular weight is 223 g/mol. The summed E-state index contributed by atoms with van der Waals surface area (Å²) in [6, 6.07) is 4.34. The first-order chi connectivity index (χ1) is 7.56. The van der Waals surface area contributed by atoms with Gasteiger partial charge in [-0.2, -0.15) is 0 Å². The van der Waals surface area contributed by atoms with Crippen LogP contribution in [0.15, 0.2) is 18.3 Å². The number of hydrogen-bond donors (Lipinski definition) is 1. The van der Waals surface area contributed by atoms with Crippen molar-refractivity contribution < 1.29 is 4.74 Å². The number of rotatable bonds is 5. The second kappa shape index (κ2) is 5.82. The van der Waals surface area contributed by atoms with Gasteiger partial charge in [-0.05, 0) is 25.5 Å². The zero-order valence-electron chi connectivity index (χ0n) is 10.5. The zero-order chi connectivity index (χ0) is 12.1. The van der Waals surface area contributed by atoms with E-state index in [1.54, 1.807) is 7.11 Å². The second-order valence-corrected chi connectivity index (χ2v) is 4.15. The molecule has 0 radical (unpaired) electrons. The van der Waals surface area contributed by atoms with Crippen LogP contribution in [0.4, 0.5) is 5.82 Å². The summed E-state index contributed by atoms with van der Waals surface area (Å²) in [5, 5.41) is 0. The SMILES string of the molecule is COCC(C)N(C)c1ccc([C@@H](C)N)cn1. The van der Waals surface area contributed by atoms with Crippen LogP contribution in [0.3, 0.4) is 0 Å². The lowest BCUT2D eigenvalue weighted by Gasteiger charge is -2.25. The molecule has 0 amide bonds. The molecular weight excluding hydrogens is 202 g/mol. The van der Waals surface area contributed by atoms with E-state index in [1.165, 1.54) is 0 Å². The highest BCUT2D eigenvalue weighted by molar-refractivity contribution is 5.39. The van der Waals surface area contributed by atoms with Gasteiger partial charge in [0.2, 0.25) is 0 Å². The molecule has 1 unspecified atom stereocenters. The van der Waals surface area contributed by atoms with E-state index in [0.29, 0.717) is 12.6 Å². The average Bonchev–Trinajstić information content (AvgIpc) is 2.28. The van der Waals surface area contributed by atoms with E-state index in [1.807, 2.05) is 32.3 Å². The Bertz CT molecular complexity index is 311. The molecule has 90 valence electrons. The summed E-state index contributed by atoms with van der Waals surface area (Å²) >= 11 is 0. The Balaban J connectivity index is 2.73. The molecule has 1 aromatic rings. The maximum Gasteiger partial charge on any atom is 0.128 e. The van der Waals surface area contributed by atoms with E-state index in [-0.39, 0.29) is 6.04 Å². The van der Waals surface area contributed by atoms with E-state index in [9.17, 15) is 0 Å².